The Morgan fingerprint density at radius 2 is 1.88 bits per heavy atom. The number of halogens is 1. The predicted molar refractivity (Wildman–Crippen MR) is 63.8 cm³/mol. The van der Waals surface area contributed by atoms with E-state index in [0.29, 0.717) is 11.5 Å². The van der Waals surface area contributed by atoms with E-state index in [1.165, 1.54) is 0 Å². The van der Waals surface area contributed by atoms with E-state index in [4.69, 9.17) is 9.47 Å². The zero-order chi connectivity index (χ0) is 12.1. The van der Waals surface area contributed by atoms with E-state index in [1.807, 2.05) is 0 Å². The summed E-state index contributed by atoms with van der Waals surface area (Å²) in [5.74, 6) is 1.23. The van der Waals surface area contributed by atoms with Crippen molar-refractivity contribution in [3.8, 4) is 11.5 Å². The smallest absolute Gasteiger partial charge is 0.235 e. The molecule has 1 atom stereocenters. The SMILES string of the molecule is COc1cc(Br)c(C(C)N=C=O)cc1OC. The lowest BCUT2D eigenvalue weighted by Gasteiger charge is -2.13. The second kappa shape index (κ2) is 5.68. The maximum atomic E-state index is 10.2. The van der Waals surface area contributed by atoms with Gasteiger partial charge < -0.3 is 9.47 Å². The van der Waals surface area contributed by atoms with E-state index in [9.17, 15) is 4.79 Å². The van der Waals surface area contributed by atoms with Crippen molar-refractivity contribution in [3.63, 3.8) is 0 Å². The van der Waals surface area contributed by atoms with Gasteiger partial charge in [-0.1, -0.05) is 15.9 Å². The number of hydrogen-bond acceptors (Lipinski definition) is 4. The van der Waals surface area contributed by atoms with Crippen molar-refractivity contribution in [2.45, 2.75) is 13.0 Å². The van der Waals surface area contributed by atoms with E-state index in [-0.39, 0.29) is 6.04 Å². The number of isocyanates is 1. The first-order valence-electron chi connectivity index (χ1n) is 4.62. The molecule has 1 aromatic carbocycles. The van der Waals surface area contributed by atoms with Gasteiger partial charge in [0.15, 0.2) is 11.5 Å². The van der Waals surface area contributed by atoms with Gasteiger partial charge in [0.2, 0.25) is 6.08 Å². The third-order valence-electron chi connectivity index (χ3n) is 2.20. The van der Waals surface area contributed by atoms with Gasteiger partial charge in [-0.25, -0.2) is 4.79 Å². The molecule has 1 aromatic rings. The Balaban J connectivity index is 3.25. The molecule has 4 nitrogen and oxygen atoms in total. The second-order valence-corrected chi connectivity index (χ2v) is 3.98. The van der Waals surface area contributed by atoms with Gasteiger partial charge in [0, 0.05) is 4.47 Å². The first kappa shape index (κ1) is 12.7. The molecule has 0 amide bonds. The van der Waals surface area contributed by atoms with Gasteiger partial charge >= 0.3 is 0 Å². The van der Waals surface area contributed by atoms with Crippen LogP contribution in [0.3, 0.4) is 0 Å². The highest BCUT2D eigenvalue weighted by Gasteiger charge is 2.13. The lowest BCUT2D eigenvalue weighted by molar-refractivity contribution is 0.354. The summed E-state index contributed by atoms with van der Waals surface area (Å²) >= 11 is 3.40. The Morgan fingerprint density at radius 3 is 2.38 bits per heavy atom. The van der Waals surface area contributed by atoms with E-state index in [0.717, 1.165) is 10.0 Å². The number of rotatable bonds is 4. The molecule has 0 N–H and O–H groups in total. The molecule has 0 bridgehead atoms. The lowest BCUT2D eigenvalue weighted by atomic mass is 10.1. The highest BCUT2D eigenvalue weighted by atomic mass is 79.9. The van der Waals surface area contributed by atoms with Gasteiger partial charge in [-0.15, -0.1) is 0 Å². The summed E-state index contributed by atoms with van der Waals surface area (Å²) in [6.45, 7) is 1.80. The maximum Gasteiger partial charge on any atom is 0.235 e. The zero-order valence-corrected chi connectivity index (χ0v) is 10.9. The minimum Gasteiger partial charge on any atom is -0.493 e. The molecular formula is C11H12BrNO3. The van der Waals surface area contributed by atoms with Gasteiger partial charge in [-0.3, -0.25) is 0 Å². The molecule has 0 saturated carbocycles. The fraction of sp³-hybridized carbons (Fsp3) is 0.364. The monoisotopic (exact) mass is 285 g/mol. The number of hydrogen-bond donors (Lipinski definition) is 0. The van der Waals surface area contributed by atoms with E-state index >= 15 is 0 Å². The summed E-state index contributed by atoms with van der Waals surface area (Å²) in [7, 11) is 3.13. The van der Waals surface area contributed by atoms with Crippen LogP contribution in [0.15, 0.2) is 21.6 Å². The molecule has 0 aromatic heterocycles. The summed E-state index contributed by atoms with van der Waals surface area (Å²) in [6, 6.07) is 3.30. The molecule has 0 aliphatic carbocycles. The first-order valence-corrected chi connectivity index (χ1v) is 5.41. The molecule has 0 spiro atoms. The topological polar surface area (TPSA) is 47.9 Å². The molecule has 0 aliphatic rings. The summed E-state index contributed by atoms with van der Waals surface area (Å²) < 4.78 is 11.1. The van der Waals surface area contributed by atoms with Crippen LogP contribution >= 0.6 is 15.9 Å². The van der Waals surface area contributed by atoms with Crippen molar-refractivity contribution >= 4 is 22.0 Å². The van der Waals surface area contributed by atoms with Gasteiger partial charge in [0.1, 0.15) is 0 Å². The van der Waals surface area contributed by atoms with Crippen molar-refractivity contribution in [2.75, 3.05) is 14.2 Å². The van der Waals surface area contributed by atoms with Crippen LogP contribution in [0, 0.1) is 0 Å². The number of nitrogens with zero attached hydrogens (tertiary/aromatic N) is 1. The average Bonchev–Trinajstić information content (AvgIpc) is 2.28. The van der Waals surface area contributed by atoms with Gasteiger partial charge in [0.25, 0.3) is 0 Å². The highest BCUT2D eigenvalue weighted by molar-refractivity contribution is 9.10. The second-order valence-electron chi connectivity index (χ2n) is 3.13. The first-order chi connectivity index (χ1) is 7.63. The van der Waals surface area contributed by atoms with E-state index < -0.39 is 0 Å². The van der Waals surface area contributed by atoms with E-state index in [1.54, 1.807) is 39.4 Å². The Bertz CT molecular complexity index is 427. The van der Waals surface area contributed by atoms with Crippen molar-refractivity contribution in [1.82, 2.24) is 0 Å². The lowest BCUT2D eigenvalue weighted by Crippen LogP contribution is -1.96. The molecule has 0 heterocycles. The number of methoxy groups -OCH3 is 2. The zero-order valence-electron chi connectivity index (χ0n) is 9.28. The van der Waals surface area contributed by atoms with Crippen LogP contribution in [0.5, 0.6) is 11.5 Å². The Morgan fingerprint density at radius 1 is 1.31 bits per heavy atom. The quantitative estimate of drug-likeness (QED) is 0.631. The van der Waals surface area contributed by atoms with Crippen LogP contribution in [0.25, 0.3) is 0 Å². The Labute approximate surface area is 102 Å². The van der Waals surface area contributed by atoms with Crippen molar-refractivity contribution in [1.29, 1.82) is 0 Å². The third kappa shape index (κ3) is 2.62. The number of benzene rings is 1. The Kier molecular flexibility index (Phi) is 4.52. The van der Waals surface area contributed by atoms with Crippen LogP contribution in [-0.4, -0.2) is 20.3 Å². The largest absolute Gasteiger partial charge is 0.493 e. The number of aliphatic imine (C=N–C) groups is 1. The minimum absolute atomic E-state index is 0.272. The summed E-state index contributed by atoms with van der Waals surface area (Å²) in [5.41, 5.74) is 0.848. The molecule has 16 heavy (non-hydrogen) atoms. The van der Waals surface area contributed by atoms with Gasteiger partial charge in [-0.2, -0.15) is 4.99 Å². The molecule has 0 radical (unpaired) electrons. The predicted octanol–water partition coefficient (Wildman–Crippen LogP) is 2.86. The van der Waals surface area contributed by atoms with Gasteiger partial charge in [-0.05, 0) is 24.6 Å². The van der Waals surface area contributed by atoms with Crippen molar-refractivity contribution in [2.24, 2.45) is 4.99 Å². The number of ether oxygens (including phenoxy) is 2. The highest BCUT2D eigenvalue weighted by Crippen LogP contribution is 2.36. The van der Waals surface area contributed by atoms with E-state index in [2.05, 4.69) is 20.9 Å². The molecule has 0 aliphatic heterocycles. The molecule has 86 valence electrons. The fourth-order valence-electron chi connectivity index (χ4n) is 1.34. The van der Waals surface area contributed by atoms with Crippen molar-refractivity contribution < 1.29 is 14.3 Å². The van der Waals surface area contributed by atoms with Gasteiger partial charge in [0.05, 0.1) is 20.3 Å². The van der Waals surface area contributed by atoms with Crippen LogP contribution < -0.4 is 9.47 Å². The fourth-order valence-corrected chi connectivity index (χ4v) is 1.99. The number of carbonyl (C=O) groups excluding carboxylic acids is 1. The van der Waals surface area contributed by atoms with Crippen LogP contribution in [-0.2, 0) is 4.79 Å². The maximum absolute atomic E-state index is 10.2. The summed E-state index contributed by atoms with van der Waals surface area (Å²) in [4.78, 5) is 13.9. The van der Waals surface area contributed by atoms with Crippen LogP contribution in [0.4, 0.5) is 0 Å². The molecular weight excluding hydrogens is 274 g/mol. The average molecular weight is 286 g/mol. The summed E-state index contributed by atoms with van der Waals surface area (Å²) in [5, 5.41) is 0. The molecule has 0 fully saturated rings. The Hall–Kier alpha value is -1.32. The van der Waals surface area contributed by atoms with Crippen LogP contribution in [0.1, 0.15) is 18.5 Å². The standard InChI is InChI=1S/C11H12BrNO3/c1-7(13-6-14)8-4-10(15-2)11(16-3)5-9(8)12/h4-5,7H,1-3H3. The van der Waals surface area contributed by atoms with Crippen LogP contribution in [0.2, 0.25) is 0 Å². The molecule has 1 unspecified atom stereocenters. The van der Waals surface area contributed by atoms with Crippen molar-refractivity contribution in [3.05, 3.63) is 22.2 Å². The molecule has 5 heteroatoms. The summed E-state index contributed by atoms with van der Waals surface area (Å²) in [6.07, 6.45) is 1.54. The molecule has 1 rings (SSSR count). The third-order valence-corrected chi connectivity index (χ3v) is 2.89. The minimum atomic E-state index is -0.272. The normalized spacial score (nSPS) is 11.5. The molecule has 0 saturated heterocycles.